The number of aryl methyl sites for hydroxylation is 1. The average Bonchev–Trinajstić information content (AvgIpc) is 3.02. The molecule has 2 aliphatic rings. The third-order valence-electron chi connectivity index (χ3n) is 6.54. The van der Waals surface area contributed by atoms with Crippen molar-refractivity contribution < 1.29 is 19.0 Å². The summed E-state index contributed by atoms with van der Waals surface area (Å²) in [5.41, 5.74) is -2.98. The van der Waals surface area contributed by atoms with Crippen LogP contribution in [0, 0.1) is 6.92 Å². The molecule has 4 atom stereocenters. The summed E-state index contributed by atoms with van der Waals surface area (Å²) in [6.45, 7) is 15.8. The van der Waals surface area contributed by atoms with Gasteiger partial charge in [0.25, 0.3) is 5.56 Å². The Morgan fingerprint density at radius 3 is 2.43 bits per heavy atom. The molecule has 0 radical (unpaired) electrons. The van der Waals surface area contributed by atoms with Crippen molar-refractivity contribution in [2.75, 3.05) is 6.61 Å². The van der Waals surface area contributed by atoms with Crippen molar-refractivity contribution in [3.8, 4) is 0 Å². The molecule has 2 bridgehead atoms. The van der Waals surface area contributed by atoms with Crippen molar-refractivity contribution in [1.29, 1.82) is 0 Å². The zero-order chi connectivity index (χ0) is 21.3. The number of ether oxygens (including phenoxy) is 2. The average molecular weight is 413 g/mol. The zero-order valence-corrected chi connectivity index (χ0v) is 19.0. The minimum absolute atomic E-state index is 0.0449. The summed E-state index contributed by atoms with van der Waals surface area (Å²) in [4.78, 5) is 26.5. The molecule has 158 valence electrons. The molecule has 0 aromatic carbocycles. The molecule has 8 nitrogen and oxygen atoms in total. The van der Waals surface area contributed by atoms with Gasteiger partial charge < -0.3 is 19.0 Å². The molecule has 1 aromatic heterocycles. The second kappa shape index (κ2) is 6.37. The van der Waals surface area contributed by atoms with E-state index in [1.807, 2.05) is 0 Å². The molecule has 2 saturated heterocycles. The lowest BCUT2D eigenvalue weighted by molar-refractivity contribution is -0.235. The van der Waals surface area contributed by atoms with Gasteiger partial charge in [0.05, 0.1) is 12.2 Å². The van der Waals surface area contributed by atoms with Crippen LogP contribution in [0.5, 0.6) is 0 Å². The van der Waals surface area contributed by atoms with Gasteiger partial charge in [0.2, 0.25) is 0 Å². The van der Waals surface area contributed by atoms with Crippen LogP contribution in [-0.4, -0.2) is 53.0 Å². The number of H-pyrrole nitrogens is 1. The molecule has 2 fully saturated rings. The lowest BCUT2D eigenvalue weighted by Crippen LogP contribution is -2.60. The van der Waals surface area contributed by atoms with E-state index in [2.05, 4.69) is 38.8 Å². The summed E-state index contributed by atoms with van der Waals surface area (Å²) in [6, 6.07) is 0. The predicted octanol–water partition coefficient (Wildman–Crippen LogP) is 1.67. The molecule has 0 spiro atoms. The van der Waals surface area contributed by atoms with Crippen LogP contribution in [0.15, 0.2) is 15.8 Å². The number of aliphatic hydroxyl groups is 1. The van der Waals surface area contributed by atoms with Crippen LogP contribution in [0.4, 0.5) is 0 Å². The van der Waals surface area contributed by atoms with Gasteiger partial charge in [-0.1, -0.05) is 20.8 Å². The van der Waals surface area contributed by atoms with E-state index >= 15 is 0 Å². The Morgan fingerprint density at radius 2 is 1.89 bits per heavy atom. The lowest BCUT2D eigenvalue weighted by atomic mass is 9.83. The molecular weight excluding hydrogens is 380 g/mol. The van der Waals surface area contributed by atoms with Crippen molar-refractivity contribution in [2.24, 2.45) is 0 Å². The van der Waals surface area contributed by atoms with Crippen LogP contribution >= 0.6 is 0 Å². The largest absolute Gasteiger partial charge is 0.408 e. The lowest BCUT2D eigenvalue weighted by Gasteiger charge is -2.44. The van der Waals surface area contributed by atoms with Crippen LogP contribution in [-0.2, 0) is 13.9 Å². The van der Waals surface area contributed by atoms with Crippen molar-refractivity contribution in [3.63, 3.8) is 0 Å². The molecule has 2 aliphatic heterocycles. The fourth-order valence-electron chi connectivity index (χ4n) is 3.59. The standard InChI is InChI=1S/C19H32N2O6Si/c1-11-9-21(16(23)20-14(11)22)15-12-13(27-28(7,8)17(2,3)4)19(26-15,10-25-12)18(5,6)24/h9,12-13,15,24H,10H2,1-8H3,(H,20,22,23)/t12?,13?,15-,19+/m1/s1. The number of hydrogen-bond donors (Lipinski definition) is 2. The maximum atomic E-state index is 12.4. The summed E-state index contributed by atoms with van der Waals surface area (Å²) >= 11 is 0. The molecule has 3 heterocycles. The topological polar surface area (TPSA) is 103 Å². The third-order valence-corrected chi connectivity index (χ3v) is 11.0. The summed E-state index contributed by atoms with van der Waals surface area (Å²) in [7, 11) is -2.22. The molecule has 28 heavy (non-hydrogen) atoms. The summed E-state index contributed by atoms with van der Waals surface area (Å²) in [6.07, 6.45) is -0.420. The maximum absolute atomic E-state index is 12.4. The normalized spacial score (nSPS) is 30.8. The van der Waals surface area contributed by atoms with Crippen LogP contribution < -0.4 is 11.2 Å². The Morgan fingerprint density at radius 1 is 1.29 bits per heavy atom. The van der Waals surface area contributed by atoms with Gasteiger partial charge in [-0.25, -0.2) is 4.79 Å². The van der Waals surface area contributed by atoms with Gasteiger partial charge in [-0.05, 0) is 38.9 Å². The van der Waals surface area contributed by atoms with E-state index in [1.165, 1.54) is 10.8 Å². The fourth-order valence-corrected chi connectivity index (χ4v) is 4.90. The monoisotopic (exact) mass is 412 g/mol. The molecule has 3 rings (SSSR count). The van der Waals surface area contributed by atoms with Crippen LogP contribution in [0.25, 0.3) is 0 Å². The number of fused-ring (bicyclic) bond motifs is 2. The predicted molar refractivity (Wildman–Crippen MR) is 107 cm³/mol. The van der Waals surface area contributed by atoms with Gasteiger partial charge in [0, 0.05) is 11.8 Å². The highest BCUT2D eigenvalue weighted by atomic mass is 28.4. The molecule has 1 aromatic rings. The third kappa shape index (κ3) is 3.13. The summed E-state index contributed by atoms with van der Waals surface area (Å²) in [5, 5.41) is 10.9. The Balaban J connectivity index is 2.07. The Labute approximate surface area is 166 Å². The van der Waals surface area contributed by atoms with E-state index in [0.717, 1.165) is 0 Å². The number of nitrogens with one attached hydrogen (secondary N) is 1. The van der Waals surface area contributed by atoms with Gasteiger partial charge in [-0.2, -0.15) is 0 Å². The highest BCUT2D eigenvalue weighted by Crippen LogP contribution is 2.53. The fraction of sp³-hybridized carbons (Fsp3) is 0.789. The first kappa shape index (κ1) is 21.4. The van der Waals surface area contributed by atoms with Crippen molar-refractivity contribution in [1.82, 2.24) is 9.55 Å². The number of hydrogen-bond acceptors (Lipinski definition) is 6. The highest BCUT2D eigenvalue weighted by Gasteiger charge is 2.69. The molecule has 0 amide bonds. The van der Waals surface area contributed by atoms with Gasteiger partial charge >= 0.3 is 5.69 Å². The molecule has 2 unspecified atom stereocenters. The summed E-state index contributed by atoms with van der Waals surface area (Å²) < 4.78 is 20.3. The van der Waals surface area contributed by atoms with Gasteiger partial charge in [0.15, 0.2) is 14.5 Å². The van der Waals surface area contributed by atoms with E-state index in [9.17, 15) is 14.7 Å². The number of aromatic amines is 1. The van der Waals surface area contributed by atoms with E-state index in [-0.39, 0.29) is 11.6 Å². The Bertz CT molecular complexity index is 878. The highest BCUT2D eigenvalue weighted by molar-refractivity contribution is 6.74. The second-order valence-corrected chi connectivity index (χ2v) is 14.8. The summed E-state index contributed by atoms with van der Waals surface area (Å²) in [5.74, 6) is 0. The molecule has 9 heteroatoms. The number of rotatable bonds is 4. The Kier molecular flexibility index (Phi) is 4.88. The van der Waals surface area contributed by atoms with Gasteiger partial charge in [0.1, 0.15) is 17.8 Å². The zero-order valence-electron chi connectivity index (χ0n) is 18.0. The minimum atomic E-state index is -2.22. The van der Waals surface area contributed by atoms with Crippen LogP contribution in [0.2, 0.25) is 18.1 Å². The van der Waals surface area contributed by atoms with Crippen LogP contribution in [0.1, 0.15) is 46.4 Å². The molecule has 0 saturated carbocycles. The smallest absolute Gasteiger partial charge is 0.330 e. The first-order chi connectivity index (χ1) is 12.6. The van der Waals surface area contributed by atoms with E-state index in [4.69, 9.17) is 13.9 Å². The van der Waals surface area contributed by atoms with Crippen molar-refractivity contribution >= 4 is 8.32 Å². The quantitative estimate of drug-likeness (QED) is 0.730. The maximum Gasteiger partial charge on any atom is 0.330 e. The minimum Gasteiger partial charge on any atom is -0.408 e. The van der Waals surface area contributed by atoms with E-state index in [1.54, 1.807) is 20.8 Å². The van der Waals surface area contributed by atoms with E-state index < -0.39 is 49.2 Å². The van der Waals surface area contributed by atoms with Crippen molar-refractivity contribution in [2.45, 2.75) is 89.3 Å². The van der Waals surface area contributed by atoms with Gasteiger partial charge in [-0.3, -0.25) is 14.3 Å². The SMILES string of the molecule is Cc1cn([C@@H]2O[C@@]3(C(C)(C)O)COC2C3O[Si](C)(C)C(C)(C)C)c(=O)[nH]c1=O. The van der Waals surface area contributed by atoms with E-state index in [0.29, 0.717) is 5.56 Å². The number of nitrogens with zero attached hydrogens (tertiary/aromatic N) is 1. The van der Waals surface area contributed by atoms with Crippen molar-refractivity contribution in [3.05, 3.63) is 32.6 Å². The second-order valence-electron chi connectivity index (χ2n) is 10.0. The van der Waals surface area contributed by atoms with Crippen LogP contribution in [0.3, 0.4) is 0 Å². The molecule has 0 aliphatic carbocycles. The first-order valence-electron chi connectivity index (χ1n) is 9.62. The first-order valence-corrected chi connectivity index (χ1v) is 12.5. The number of aromatic nitrogens is 2. The van der Waals surface area contributed by atoms with Gasteiger partial charge in [-0.15, -0.1) is 0 Å². The molecule has 2 N–H and O–H groups in total. The Hall–Kier alpha value is -1.26. The molecular formula is C19H32N2O6Si.